The standard InChI is InChI=1S/C15H15F3N4O3/c16-15(17,18)9-22-5-2-12(21-22)20-14(23)10-1-4-19-13(7-10)25-11-3-6-24-8-11/h1-2,4-5,7,11H,3,6,8-9H2,(H,20,21,23)/t11-/m0/s1. The van der Waals surface area contributed by atoms with Crippen molar-refractivity contribution in [3.63, 3.8) is 0 Å². The van der Waals surface area contributed by atoms with Crippen molar-refractivity contribution in [3.05, 3.63) is 36.2 Å². The first-order valence-electron chi connectivity index (χ1n) is 7.51. The normalized spacial score (nSPS) is 17.5. The first-order chi connectivity index (χ1) is 11.9. The molecule has 3 heterocycles. The number of nitrogens with one attached hydrogen (secondary N) is 1. The van der Waals surface area contributed by atoms with Gasteiger partial charge in [-0.1, -0.05) is 0 Å². The summed E-state index contributed by atoms with van der Waals surface area (Å²) in [5, 5.41) is 6.11. The highest BCUT2D eigenvalue weighted by Gasteiger charge is 2.28. The summed E-state index contributed by atoms with van der Waals surface area (Å²) in [6.45, 7) is -0.139. The lowest BCUT2D eigenvalue weighted by atomic mass is 10.2. The van der Waals surface area contributed by atoms with Crippen LogP contribution < -0.4 is 10.1 Å². The van der Waals surface area contributed by atoms with Gasteiger partial charge in [0.15, 0.2) is 5.82 Å². The fraction of sp³-hybridized carbons (Fsp3) is 0.400. The third-order valence-corrected chi connectivity index (χ3v) is 3.40. The molecule has 1 saturated heterocycles. The summed E-state index contributed by atoms with van der Waals surface area (Å²) in [5.41, 5.74) is 0.259. The van der Waals surface area contributed by atoms with Crippen LogP contribution in [0.1, 0.15) is 16.8 Å². The van der Waals surface area contributed by atoms with Crippen LogP contribution in [0, 0.1) is 0 Å². The molecular weight excluding hydrogens is 341 g/mol. The van der Waals surface area contributed by atoms with Gasteiger partial charge in [-0.15, -0.1) is 0 Å². The summed E-state index contributed by atoms with van der Waals surface area (Å²) in [4.78, 5) is 16.2. The second kappa shape index (κ2) is 7.09. The first kappa shape index (κ1) is 17.2. The van der Waals surface area contributed by atoms with Gasteiger partial charge in [0.1, 0.15) is 12.6 Å². The summed E-state index contributed by atoms with van der Waals surface area (Å²) in [6, 6.07) is 4.22. The van der Waals surface area contributed by atoms with Gasteiger partial charge < -0.3 is 14.8 Å². The third-order valence-electron chi connectivity index (χ3n) is 3.40. The third kappa shape index (κ3) is 4.92. The largest absolute Gasteiger partial charge is 0.472 e. The summed E-state index contributed by atoms with van der Waals surface area (Å²) >= 11 is 0. The summed E-state index contributed by atoms with van der Waals surface area (Å²) < 4.78 is 48.5. The number of halogens is 3. The summed E-state index contributed by atoms with van der Waals surface area (Å²) in [5.74, 6) is -0.212. The number of nitrogens with zero attached hydrogens (tertiary/aromatic N) is 3. The van der Waals surface area contributed by atoms with E-state index in [4.69, 9.17) is 9.47 Å². The number of pyridine rings is 1. The van der Waals surface area contributed by atoms with Crippen molar-refractivity contribution in [2.45, 2.75) is 25.2 Å². The van der Waals surface area contributed by atoms with Crippen molar-refractivity contribution in [1.29, 1.82) is 0 Å². The minimum atomic E-state index is -4.38. The minimum Gasteiger partial charge on any atom is -0.472 e. The molecule has 10 heteroatoms. The van der Waals surface area contributed by atoms with Crippen LogP contribution in [-0.2, 0) is 11.3 Å². The molecule has 7 nitrogen and oxygen atoms in total. The Labute approximate surface area is 140 Å². The van der Waals surface area contributed by atoms with E-state index in [1.165, 1.54) is 24.4 Å². The Morgan fingerprint density at radius 1 is 1.44 bits per heavy atom. The molecule has 0 aliphatic carbocycles. The Hall–Kier alpha value is -2.62. The van der Waals surface area contributed by atoms with Crippen LogP contribution >= 0.6 is 0 Å². The van der Waals surface area contributed by atoms with Gasteiger partial charge in [-0.3, -0.25) is 9.48 Å². The molecule has 0 unspecified atom stereocenters. The number of carbonyl (C=O) groups excluding carboxylic acids is 1. The molecular formula is C15H15F3N4O3. The van der Waals surface area contributed by atoms with Gasteiger partial charge in [0.05, 0.1) is 13.2 Å². The van der Waals surface area contributed by atoms with Crippen molar-refractivity contribution in [3.8, 4) is 5.88 Å². The molecule has 1 aliphatic heterocycles. The molecule has 1 amide bonds. The number of carbonyl (C=O) groups is 1. The molecule has 2 aromatic heterocycles. The monoisotopic (exact) mass is 356 g/mol. The van der Waals surface area contributed by atoms with E-state index in [0.29, 0.717) is 17.9 Å². The Morgan fingerprint density at radius 2 is 2.28 bits per heavy atom. The van der Waals surface area contributed by atoms with Gasteiger partial charge in [-0.05, 0) is 6.07 Å². The fourth-order valence-corrected chi connectivity index (χ4v) is 2.28. The Kier molecular flexibility index (Phi) is 4.88. The molecule has 0 bridgehead atoms. The first-order valence-corrected chi connectivity index (χ1v) is 7.51. The number of rotatable bonds is 5. The number of aromatic nitrogens is 3. The predicted molar refractivity (Wildman–Crippen MR) is 80.3 cm³/mol. The van der Waals surface area contributed by atoms with Crippen molar-refractivity contribution in [2.75, 3.05) is 18.5 Å². The molecule has 3 rings (SSSR count). The summed E-state index contributed by atoms with van der Waals surface area (Å²) in [7, 11) is 0. The molecule has 2 aromatic rings. The molecule has 0 radical (unpaired) electrons. The molecule has 134 valence electrons. The minimum absolute atomic E-state index is 0.0257. The molecule has 1 atom stereocenters. The van der Waals surface area contributed by atoms with E-state index >= 15 is 0 Å². The molecule has 0 saturated carbocycles. The molecule has 0 aromatic carbocycles. The number of ether oxygens (including phenoxy) is 2. The maximum Gasteiger partial charge on any atom is 0.408 e. The predicted octanol–water partition coefficient (Wildman–Crippen LogP) is 2.26. The van der Waals surface area contributed by atoms with Crippen LogP contribution in [0.3, 0.4) is 0 Å². The zero-order valence-corrected chi connectivity index (χ0v) is 13.0. The van der Waals surface area contributed by atoms with E-state index in [0.717, 1.165) is 12.6 Å². The number of amides is 1. The number of alkyl halides is 3. The van der Waals surface area contributed by atoms with E-state index in [1.807, 2.05) is 0 Å². The van der Waals surface area contributed by atoms with Gasteiger partial charge in [0, 0.05) is 36.5 Å². The van der Waals surface area contributed by atoms with E-state index in [9.17, 15) is 18.0 Å². The highest BCUT2D eigenvalue weighted by Crippen LogP contribution is 2.19. The maximum absolute atomic E-state index is 12.3. The zero-order valence-electron chi connectivity index (χ0n) is 13.0. The second-order valence-electron chi connectivity index (χ2n) is 5.45. The van der Waals surface area contributed by atoms with E-state index in [-0.39, 0.29) is 23.4 Å². The van der Waals surface area contributed by atoms with E-state index in [1.54, 1.807) is 0 Å². The Morgan fingerprint density at radius 3 is 3.00 bits per heavy atom. The van der Waals surface area contributed by atoms with Crippen LogP contribution in [0.2, 0.25) is 0 Å². The average molecular weight is 356 g/mol. The van der Waals surface area contributed by atoms with Gasteiger partial charge in [0.2, 0.25) is 5.88 Å². The number of hydrogen-bond donors (Lipinski definition) is 1. The lowest BCUT2D eigenvalue weighted by molar-refractivity contribution is -0.142. The van der Waals surface area contributed by atoms with Crippen molar-refractivity contribution in [1.82, 2.24) is 14.8 Å². The van der Waals surface area contributed by atoms with Gasteiger partial charge in [-0.2, -0.15) is 18.3 Å². The van der Waals surface area contributed by atoms with Gasteiger partial charge in [0.25, 0.3) is 5.91 Å². The van der Waals surface area contributed by atoms with Crippen LogP contribution in [0.5, 0.6) is 5.88 Å². The smallest absolute Gasteiger partial charge is 0.408 e. The highest BCUT2D eigenvalue weighted by molar-refractivity contribution is 6.03. The quantitative estimate of drug-likeness (QED) is 0.889. The lowest BCUT2D eigenvalue weighted by Crippen LogP contribution is -2.19. The number of hydrogen-bond acceptors (Lipinski definition) is 5. The summed E-state index contributed by atoms with van der Waals surface area (Å²) in [6.07, 6.45) is -1.18. The topological polar surface area (TPSA) is 78.3 Å². The molecule has 1 aliphatic rings. The van der Waals surface area contributed by atoms with Crippen molar-refractivity contribution < 1.29 is 27.4 Å². The van der Waals surface area contributed by atoms with Gasteiger partial charge in [-0.25, -0.2) is 4.98 Å². The van der Waals surface area contributed by atoms with Crippen LogP contribution in [0.25, 0.3) is 0 Å². The Bertz CT molecular complexity index is 742. The lowest BCUT2D eigenvalue weighted by Gasteiger charge is -2.11. The molecule has 25 heavy (non-hydrogen) atoms. The zero-order chi connectivity index (χ0) is 17.9. The molecule has 0 spiro atoms. The SMILES string of the molecule is O=C(Nc1ccn(CC(F)(F)F)n1)c1ccnc(O[C@H]2CCOC2)c1. The van der Waals surface area contributed by atoms with E-state index < -0.39 is 18.6 Å². The Balaban J connectivity index is 1.63. The van der Waals surface area contributed by atoms with E-state index in [2.05, 4.69) is 15.4 Å². The number of anilines is 1. The van der Waals surface area contributed by atoms with Crippen LogP contribution in [-0.4, -0.2) is 46.2 Å². The fourth-order valence-electron chi connectivity index (χ4n) is 2.28. The highest BCUT2D eigenvalue weighted by atomic mass is 19.4. The average Bonchev–Trinajstić information content (AvgIpc) is 3.18. The molecule has 1 fully saturated rings. The molecule has 1 N–H and O–H groups in total. The van der Waals surface area contributed by atoms with Gasteiger partial charge >= 0.3 is 6.18 Å². The second-order valence-corrected chi connectivity index (χ2v) is 5.45. The van der Waals surface area contributed by atoms with Crippen LogP contribution in [0.15, 0.2) is 30.6 Å². The maximum atomic E-state index is 12.3. The van der Waals surface area contributed by atoms with Crippen molar-refractivity contribution >= 4 is 11.7 Å². The van der Waals surface area contributed by atoms with Crippen molar-refractivity contribution in [2.24, 2.45) is 0 Å². The van der Waals surface area contributed by atoms with Crippen LogP contribution in [0.4, 0.5) is 19.0 Å².